The van der Waals surface area contributed by atoms with Gasteiger partial charge in [-0.2, -0.15) is 0 Å². The number of imide groups is 1. The highest BCUT2D eigenvalue weighted by Crippen LogP contribution is 2.45. The molecule has 2 aliphatic rings. The molecule has 1 fully saturated rings. The number of hydrogen-bond acceptors (Lipinski definition) is 5. The minimum atomic E-state index is -0.712. The van der Waals surface area contributed by atoms with Crippen molar-refractivity contribution in [3.05, 3.63) is 85.8 Å². The number of anilines is 2. The second kappa shape index (κ2) is 9.41. The molecule has 0 aromatic heterocycles. The monoisotopic (exact) mass is 562 g/mol. The highest BCUT2D eigenvalue weighted by Gasteiger charge is 2.42. The molecule has 0 N–H and O–H groups in total. The van der Waals surface area contributed by atoms with Gasteiger partial charge < -0.3 is 9.64 Å². The van der Waals surface area contributed by atoms with Crippen molar-refractivity contribution in [3.8, 4) is 5.75 Å². The molecule has 3 aromatic rings. The lowest BCUT2D eigenvalue weighted by atomic mass is 10.1. The molecule has 7 nitrogen and oxygen atoms in total. The molecule has 2 aliphatic heterocycles. The number of amides is 3. The van der Waals surface area contributed by atoms with Crippen LogP contribution in [0.25, 0.3) is 0 Å². The number of ether oxygens (including phenoxy) is 1. The van der Waals surface area contributed by atoms with Gasteiger partial charge in [0.25, 0.3) is 11.8 Å². The molecular formula is C25H14Cl4N2O5. The molecule has 0 radical (unpaired) electrons. The topological polar surface area (TPSA) is 84.0 Å². The van der Waals surface area contributed by atoms with E-state index in [9.17, 15) is 19.2 Å². The number of benzene rings is 3. The highest BCUT2D eigenvalue weighted by atomic mass is 35.5. The highest BCUT2D eigenvalue weighted by molar-refractivity contribution is 6.56. The molecule has 1 atom stereocenters. The standard InChI is InChI=1S/C25H14Cl4N2O5/c26-19-17-18(20(27)22(29)21(19)28)24(34)31(23(17)33)14-6-8-15(9-7-14)36-25(35)12-10-16(32)30(11-12)13-4-2-1-3-5-13/h1-9,12H,10-11H2/t12-/m1/s1. The lowest BCUT2D eigenvalue weighted by molar-refractivity contribution is -0.139. The fraction of sp³-hybridized carbons (Fsp3) is 0.120. The lowest BCUT2D eigenvalue weighted by Gasteiger charge is -2.16. The first kappa shape index (κ1) is 24.6. The molecular weight excluding hydrogens is 550 g/mol. The molecule has 3 amide bonds. The molecule has 11 heteroatoms. The van der Waals surface area contributed by atoms with Gasteiger partial charge in [-0.1, -0.05) is 64.6 Å². The van der Waals surface area contributed by atoms with Crippen LogP contribution in [-0.4, -0.2) is 30.2 Å². The second-order valence-corrected chi connectivity index (χ2v) is 9.62. The van der Waals surface area contributed by atoms with Crippen molar-refractivity contribution >= 4 is 81.5 Å². The van der Waals surface area contributed by atoms with Gasteiger partial charge in [0.1, 0.15) is 5.75 Å². The summed E-state index contributed by atoms with van der Waals surface area (Å²) >= 11 is 24.4. The lowest BCUT2D eigenvalue weighted by Crippen LogP contribution is -2.29. The van der Waals surface area contributed by atoms with Crippen molar-refractivity contribution in [2.75, 3.05) is 16.3 Å². The average molecular weight is 564 g/mol. The van der Waals surface area contributed by atoms with Gasteiger partial charge in [-0.15, -0.1) is 0 Å². The van der Waals surface area contributed by atoms with Gasteiger partial charge in [-0.05, 0) is 36.4 Å². The third kappa shape index (κ3) is 4.02. The summed E-state index contributed by atoms with van der Waals surface area (Å²) in [7, 11) is 0. The first-order chi connectivity index (χ1) is 17.2. The van der Waals surface area contributed by atoms with Crippen LogP contribution in [-0.2, 0) is 9.59 Å². The smallest absolute Gasteiger partial charge is 0.316 e. The summed E-state index contributed by atoms with van der Waals surface area (Å²) in [5.74, 6) is -2.59. The van der Waals surface area contributed by atoms with Crippen LogP contribution >= 0.6 is 46.4 Å². The van der Waals surface area contributed by atoms with E-state index in [0.717, 1.165) is 4.90 Å². The van der Waals surface area contributed by atoms with E-state index in [0.29, 0.717) is 5.69 Å². The number of carbonyl (C=O) groups excluding carboxylic acids is 4. The zero-order valence-corrected chi connectivity index (χ0v) is 21.2. The molecule has 182 valence electrons. The predicted molar refractivity (Wildman–Crippen MR) is 137 cm³/mol. The maximum absolute atomic E-state index is 13.0. The van der Waals surface area contributed by atoms with Gasteiger partial charge in [-0.25, -0.2) is 4.90 Å². The maximum Gasteiger partial charge on any atom is 0.316 e. The summed E-state index contributed by atoms with van der Waals surface area (Å²) in [5, 5.41) is -0.571. The van der Waals surface area contributed by atoms with E-state index in [4.69, 9.17) is 51.1 Å². The number of para-hydroxylation sites is 1. The van der Waals surface area contributed by atoms with Crippen molar-refractivity contribution in [1.82, 2.24) is 0 Å². The van der Waals surface area contributed by atoms with Gasteiger partial charge in [-0.3, -0.25) is 19.2 Å². The van der Waals surface area contributed by atoms with Crippen LogP contribution in [0.3, 0.4) is 0 Å². The molecule has 2 heterocycles. The van der Waals surface area contributed by atoms with E-state index >= 15 is 0 Å². The van der Waals surface area contributed by atoms with Gasteiger partial charge >= 0.3 is 5.97 Å². The SMILES string of the molecule is O=C(Oc1ccc(N2C(=O)c3c(Cl)c(Cl)c(Cl)c(Cl)c3C2=O)cc1)[C@@H]1CC(=O)N(c2ccccc2)C1. The van der Waals surface area contributed by atoms with E-state index in [1.54, 1.807) is 17.0 Å². The maximum atomic E-state index is 13.0. The number of nitrogens with zero attached hydrogens (tertiary/aromatic N) is 2. The van der Waals surface area contributed by atoms with Crippen LogP contribution in [0.2, 0.25) is 20.1 Å². The Labute approximate surface area is 225 Å². The van der Waals surface area contributed by atoms with E-state index < -0.39 is 23.7 Å². The Kier molecular flexibility index (Phi) is 6.43. The fourth-order valence-corrected chi connectivity index (χ4v) is 5.18. The normalized spacial score (nSPS) is 17.1. The van der Waals surface area contributed by atoms with E-state index in [-0.39, 0.29) is 61.5 Å². The molecule has 0 aliphatic carbocycles. The molecule has 0 bridgehead atoms. The van der Waals surface area contributed by atoms with E-state index in [1.807, 2.05) is 18.2 Å². The quantitative estimate of drug-likeness (QED) is 0.127. The van der Waals surface area contributed by atoms with Crippen LogP contribution in [0.4, 0.5) is 11.4 Å². The Hall–Kier alpha value is -3.10. The minimum absolute atomic E-state index is 0.0352. The molecule has 1 saturated heterocycles. The summed E-state index contributed by atoms with van der Waals surface area (Å²) in [6.07, 6.45) is 0.0352. The Balaban J connectivity index is 1.32. The molecule has 0 spiro atoms. The number of halogens is 4. The first-order valence-electron chi connectivity index (χ1n) is 10.6. The Morgan fingerprint density at radius 3 is 1.86 bits per heavy atom. The van der Waals surface area contributed by atoms with Crippen LogP contribution in [0.15, 0.2) is 54.6 Å². The third-order valence-corrected chi connectivity index (χ3v) is 7.74. The molecule has 5 rings (SSSR count). The van der Waals surface area contributed by atoms with Crippen molar-refractivity contribution in [2.45, 2.75) is 6.42 Å². The van der Waals surface area contributed by atoms with Crippen LogP contribution in [0.1, 0.15) is 27.1 Å². The number of rotatable bonds is 4. The molecule has 0 saturated carbocycles. The summed E-state index contributed by atoms with van der Waals surface area (Å²) in [4.78, 5) is 53.5. The Bertz CT molecular complexity index is 1400. The van der Waals surface area contributed by atoms with Gasteiger partial charge in [0, 0.05) is 18.7 Å². The number of hydrogen-bond donors (Lipinski definition) is 0. The zero-order valence-electron chi connectivity index (χ0n) is 18.1. The van der Waals surface area contributed by atoms with Crippen molar-refractivity contribution in [1.29, 1.82) is 0 Å². The van der Waals surface area contributed by atoms with Crippen molar-refractivity contribution in [3.63, 3.8) is 0 Å². The van der Waals surface area contributed by atoms with Crippen LogP contribution in [0.5, 0.6) is 5.75 Å². The number of fused-ring (bicyclic) bond motifs is 1. The number of carbonyl (C=O) groups is 4. The molecule has 0 unspecified atom stereocenters. The van der Waals surface area contributed by atoms with Crippen molar-refractivity contribution < 1.29 is 23.9 Å². The third-order valence-electron chi connectivity index (χ3n) is 5.94. The van der Waals surface area contributed by atoms with Gasteiger partial charge in [0.2, 0.25) is 5.91 Å². The Morgan fingerprint density at radius 1 is 0.750 bits per heavy atom. The summed E-state index contributed by atoms with van der Waals surface area (Å²) in [6.45, 7) is 0.210. The van der Waals surface area contributed by atoms with E-state index in [1.165, 1.54) is 24.3 Å². The van der Waals surface area contributed by atoms with Crippen LogP contribution in [0, 0.1) is 5.92 Å². The van der Waals surface area contributed by atoms with Gasteiger partial charge in [0.15, 0.2) is 0 Å². The zero-order chi connectivity index (χ0) is 25.7. The fourth-order valence-electron chi connectivity index (χ4n) is 4.17. The predicted octanol–water partition coefficient (Wildman–Crippen LogP) is 6.06. The van der Waals surface area contributed by atoms with E-state index in [2.05, 4.69) is 0 Å². The average Bonchev–Trinajstić information content (AvgIpc) is 3.39. The van der Waals surface area contributed by atoms with Gasteiger partial charge in [0.05, 0.1) is 42.8 Å². The van der Waals surface area contributed by atoms with Crippen LogP contribution < -0.4 is 14.5 Å². The van der Waals surface area contributed by atoms with Crippen molar-refractivity contribution in [2.24, 2.45) is 5.92 Å². The molecule has 3 aromatic carbocycles. The second-order valence-electron chi connectivity index (χ2n) is 8.11. The summed E-state index contributed by atoms with van der Waals surface area (Å²) in [6, 6.07) is 14.8. The Morgan fingerprint density at radius 2 is 1.31 bits per heavy atom. The summed E-state index contributed by atoms with van der Waals surface area (Å²) < 4.78 is 5.45. The molecule has 36 heavy (non-hydrogen) atoms. The largest absolute Gasteiger partial charge is 0.426 e. The first-order valence-corrected chi connectivity index (χ1v) is 12.1. The minimum Gasteiger partial charge on any atom is -0.426 e. The number of esters is 1. The summed E-state index contributed by atoms with van der Waals surface area (Å²) in [5.41, 5.74) is 0.647.